The van der Waals surface area contributed by atoms with E-state index in [-0.39, 0.29) is 18.7 Å². The Morgan fingerprint density at radius 2 is 2.07 bits per heavy atom. The minimum atomic E-state index is -0.626. The molecule has 6 nitrogen and oxygen atoms in total. The van der Waals surface area contributed by atoms with E-state index < -0.39 is 6.10 Å². The van der Waals surface area contributed by atoms with Crippen LogP contribution in [-0.4, -0.2) is 24.5 Å². The van der Waals surface area contributed by atoms with Crippen molar-refractivity contribution < 1.29 is 19.1 Å². The molecule has 0 aliphatic carbocycles. The Bertz CT molecular complexity index is 899. The van der Waals surface area contributed by atoms with Crippen molar-refractivity contribution in [1.82, 2.24) is 5.32 Å². The van der Waals surface area contributed by atoms with Crippen LogP contribution in [-0.2, 0) is 16.1 Å². The number of nitrogens with one attached hydrogen (secondary N) is 1. The molecule has 0 bridgehead atoms. The summed E-state index contributed by atoms with van der Waals surface area (Å²) in [6.07, 6.45) is 0.426. The van der Waals surface area contributed by atoms with Crippen LogP contribution in [0.2, 0.25) is 5.02 Å². The zero-order chi connectivity index (χ0) is 18.8. The smallest absolute Gasteiger partial charge is 0.264 e. The number of oxime groups is 1. The first kappa shape index (κ1) is 17.7. The number of carbonyl (C=O) groups excluding carboxylic acids is 1. The third-order valence-electron chi connectivity index (χ3n) is 4.60. The van der Waals surface area contributed by atoms with E-state index in [1.165, 1.54) is 0 Å². The maximum Gasteiger partial charge on any atom is 0.264 e. The molecule has 2 aliphatic rings. The molecule has 0 radical (unpaired) electrons. The normalized spacial score (nSPS) is 18.6. The Balaban J connectivity index is 1.33. The van der Waals surface area contributed by atoms with E-state index >= 15 is 0 Å². The van der Waals surface area contributed by atoms with Gasteiger partial charge in [-0.3, -0.25) is 4.79 Å². The van der Waals surface area contributed by atoms with E-state index in [1.54, 1.807) is 6.07 Å². The van der Waals surface area contributed by atoms with Gasteiger partial charge >= 0.3 is 0 Å². The highest BCUT2D eigenvalue weighted by atomic mass is 35.5. The van der Waals surface area contributed by atoms with Gasteiger partial charge in [0.15, 0.2) is 11.5 Å². The Morgan fingerprint density at radius 3 is 2.93 bits per heavy atom. The highest BCUT2D eigenvalue weighted by molar-refractivity contribution is 6.31. The van der Waals surface area contributed by atoms with E-state index in [1.807, 2.05) is 43.3 Å². The van der Waals surface area contributed by atoms with Gasteiger partial charge in [0, 0.05) is 17.9 Å². The van der Waals surface area contributed by atoms with Gasteiger partial charge in [0.1, 0.15) is 0 Å². The lowest BCUT2D eigenvalue weighted by Crippen LogP contribution is -2.36. The Kier molecular flexibility index (Phi) is 4.90. The number of fused-ring (bicyclic) bond motifs is 1. The van der Waals surface area contributed by atoms with Crippen molar-refractivity contribution in [3.63, 3.8) is 0 Å². The summed E-state index contributed by atoms with van der Waals surface area (Å²) in [5, 5.41) is 7.64. The first-order valence-corrected chi connectivity index (χ1v) is 9.13. The van der Waals surface area contributed by atoms with Gasteiger partial charge in [-0.1, -0.05) is 41.0 Å². The largest absolute Gasteiger partial charge is 0.454 e. The lowest BCUT2D eigenvalue weighted by atomic mass is 10.0. The summed E-state index contributed by atoms with van der Waals surface area (Å²) in [6, 6.07) is 13.0. The molecular weight excluding hydrogens is 368 g/mol. The molecule has 0 aromatic heterocycles. The second kappa shape index (κ2) is 7.48. The predicted octanol–water partition coefficient (Wildman–Crippen LogP) is 3.63. The standard InChI is InChI=1S/C20H19ClN2O4/c1-12(15-4-2-3-5-16(15)21)22-20(24)19-10-14(23-27-19)8-13-6-7-17-18(9-13)26-11-25-17/h2-7,9,12,19H,8,10-11H2,1H3,(H,22,24)/t12-,19-/m0/s1. The average molecular weight is 387 g/mol. The summed E-state index contributed by atoms with van der Waals surface area (Å²) in [5.74, 6) is 1.27. The summed E-state index contributed by atoms with van der Waals surface area (Å²) < 4.78 is 10.7. The minimum Gasteiger partial charge on any atom is -0.454 e. The number of hydrogen-bond donors (Lipinski definition) is 1. The van der Waals surface area contributed by atoms with Crippen molar-refractivity contribution in [1.29, 1.82) is 0 Å². The fourth-order valence-electron chi connectivity index (χ4n) is 3.17. The zero-order valence-corrected chi connectivity index (χ0v) is 15.5. The van der Waals surface area contributed by atoms with Crippen LogP contribution in [0.25, 0.3) is 0 Å². The van der Waals surface area contributed by atoms with Gasteiger partial charge in [0.05, 0.1) is 11.8 Å². The van der Waals surface area contributed by atoms with Crippen molar-refractivity contribution in [2.24, 2.45) is 5.16 Å². The van der Waals surface area contributed by atoms with Crippen LogP contribution in [0.15, 0.2) is 47.6 Å². The van der Waals surface area contributed by atoms with Crippen molar-refractivity contribution in [2.75, 3.05) is 6.79 Å². The van der Waals surface area contributed by atoms with Crippen LogP contribution < -0.4 is 14.8 Å². The maximum atomic E-state index is 12.5. The highest BCUT2D eigenvalue weighted by Crippen LogP contribution is 2.33. The molecule has 4 rings (SSSR count). The molecular formula is C20H19ClN2O4. The number of halogens is 1. The second-order valence-electron chi connectivity index (χ2n) is 6.57. The van der Waals surface area contributed by atoms with Crippen LogP contribution >= 0.6 is 11.6 Å². The molecule has 0 saturated carbocycles. The average Bonchev–Trinajstić information content (AvgIpc) is 3.31. The number of ether oxygens (including phenoxy) is 2. The molecule has 2 aromatic carbocycles. The molecule has 0 saturated heterocycles. The number of hydrogen-bond acceptors (Lipinski definition) is 5. The van der Waals surface area contributed by atoms with Gasteiger partial charge < -0.3 is 19.6 Å². The number of benzene rings is 2. The van der Waals surface area contributed by atoms with Crippen LogP contribution in [0.4, 0.5) is 0 Å². The predicted molar refractivity (Wildman–Crippen MR) is 101 cm³/mol. The van der Waals surface area contributed by atoms with E-state index in [4.69, 9.17) is 25.9 Å². The van der Waals surface area contributed by atoms with Crippen LogP contribution in [0.1, 0.15) is 30.5 Å². The number of carbonyl (C=O) groups is 1. The zero-order valence-electron chi connectivity index (χ0n) is 14.8. The molecule has 0 fully saturated rings. The van der Waals surface area contributed by atoms with Crippen LogP contribution in [0.3, 0.4) is 0 Å². The van der Waals surface area contributed by atoms with Crippen molar-refractivity contribution in [2.45, 2.75) is 31.9 Å². The third kappa shape index (κ3) is 3.85. The van der Waals surface area contributed by atoms with Gasteiger partial charge in [0.25, 0.3) is 5.91 Å². The van der Waals surface area contributed by atoms with E-state index in [2.05, 4.69) is 10.5 Å². The fraction of sp³-hybridized carbons (Fsp3) is 0.300. The van der Waals surface area contributed by atoms with E-state index in [0.29, 0.717) is 17.9 Å². The Hall–Kier alpha value is -2.73. The molecule has 2 aromatic rings. The number of nitrogens with zero attached hydrogens (tertiary/aromatic N) is 1. The molecule has 1 N–H and O–H groups in total. The van der Waals surface area contributed by atoms with E-state index in [9.17, 15) is 4.79 Å². The highest BCUT2D eigenvalue weighted by Gasteiger charge is 2.29. The van der Waals surface area contributed by atoms with Gasteiger partial charge in [0.2, 0.25) is 12.9 Å². The Morgan fingerprint density at radius 1 is 1.26 bits per heavy atom. The van der Waals surface area contributed by atoms with Crippen molar-refractivity contribution >= 4 is 23.2 Å². The summed E-state index contributed by atoms with van der Waals surface area (Å²) in [7, 11) is 0. The molecule has 7 heteroatoms. The van der Waals surface area contributed by atoms with Crippen LogP contribution in [0.5, 0.6) is 11.5 Å². The van der Waals surface area contributed by atoms with Crippen molar-refractivity contribution in [3.8, 4) is 11.5 Å². The molecule has 2 atom stereocenters. The molecule has 1 amide bonds. The lowest BCUT2D eigenvalue weighted by Gasteiger charge is -2.17. The van der Waals surface area contributed by atoms with Gasteiger partial charge in [-0.2, -0.15) is 0 Å². The molecule has 0 spiro atoms. The minimum absolute atomic E-state index is 0.202. The molecule has 2 heterocycles. The Labute approximate surface area is 162 Å². The summed E-state index contributed by atoms with van der Waals surface area (Å²) in [6.45, 7) is 2.14. The van der Waals surface area contributed by atoms with E-state index in [0.717, 1.165) is 28.3 Å². The van der Waals surface area contributed by atoms with Crippen LogP contribution in [0, 0.1) is 0 Å². The number of rotatable bonds is 5. The number of amides is 1. The van der Waals surface area contributed by atoms with Crippen molar-refractivity contribution in [3.05, 3.63) is 58.6 Å². The summed E-state index contributed by atoms with van der Waals surface area (Å²) in [4.78, 5) is 17.8. The summed E-state index contributed by atoms with van der Waals surface area (Å²) in [5.41, 5.74) is 2.72. The topological polar surface area (TPSA) is 69.2 Å². The first-order valence-electron chi connectivity index (χ1n) is 8.75. The van der Waals surface area contributed by atoms with Gasteiger partial charge in [-0.25, -0.2) is 0 Å². The molecule has 0 unspecified atom stereocenters. The molecule has 2 aliphatic heterocycles. The SMILES string of the molecule is C[C@H](NC(=O)[C@@H]1CC(Cc2ccc3c(c2)OCO3)=NO1)c1ccccc1Cl. The lowest BCUT2D eigenvalue weighted by molar-refractivity contribution is -0.131. The first-order chi connectivity index (χ1) is 13.1. The van der Waals surface area contributed by atoms with Gasteiger partial charge in [-0.15, -0.1) is 0 Å². The quantitative estimate of drug-likeness (QED) is 0.851. The molecule has 140 valence electrons. The van der Waals surface area contributed by atoms with Gasteiger partial charge in [-0.05, 0) is 36.2 Å². The summed E-state index contributed by atoms with van der Waals surface area (Å²) >= 11 is 6.19. The second-order valence-corrected chi connectivity index (χ2v) is 6.98. The third-order valence-corrected chi connectivity index (χ3v) is 4.94. The monoisotopic (exact) mass is 386 g/mol. The maximum absolute atomic E-state index is 12.5. The molecule has 27 heavy (non-hydrogen) atoms. The fourth-order valence-corrected chi connectivity index (χ4v) is 3.47.